The molecule has 1 aliphatic heterocycles. The average molecular weight is 474 g/mol. The second-order valence-corrected chi connectivity index (χ2v) is 9.17. The molecule has 0 spiro atoms. The van der Waals surface area contributed by atoms with Gasteiger partial charge in [-0.1, -0.05) is 24.4 Å². The van der Waals surface area contributed by atoms with Gasteiger partial charge in [-0.3, -0.25) is 14.4 Å². The SMILES string of the molecule is N#C[C@H](CC1CCCNC1=O)NC(=O)C(CC1CC1)NC(=O)c1cc2c(F)ccc(Cl)c2[nH]1. The van der Waals surface area contributed by atoms with Gasteiger partial charge < -0.3 is 20.9 Å². The Bertz CT molecular complexity index is 1080. The predicted molar refractivity (Wildman–Crippen MR) is 120 cm³/mol. The number of aromatic amines is 1. The quantitative estimate of drug-likeness (QED) is 0.470. The Hall–Kier alpha value is -3.12. The lowest BCUT2D eigenvalue weighted by molar-refractivity contribution is -0.128. The smallest absolute Gasteiger partial charge is 0.268 e. The molecule has 2 aromatic rings. The summed E-state index contributed by atoms with van der Waals surface area (Å²) in [5.74, 6) is -1.67. The molecule has 1 aromatic carbocycles. The molecule has 3 atom stereocenters. The van der Waals surface area contributed by atoms with Crippen molar-refractivity contribution in [1.82, 2.24) is 20.9 Å². The first-order valence-electron chi connectivity index (χ1n) is 11.1. The Morgan fingerprint density at radius 1 is 1.24 bits per heavy atom. The predicted octanol–water partition coefficient (Wildman–Crippen LogP) is 2.78. The van der Waals surface area contributed by atoms with Gasteiger partial charge in [0.25, 0.3) is 5.91 Å². The lowest BCUT2D eigenvalue weighted by Crippen LogP contribution is -2.50. The minimum Gasteiger partial charge on any atom is -0.356 e. The first-order valence-corrected chi connectivity index (χ1v) is 11.5. The van der Waals surface area contributed by atoms with Crippen LogP contribution in [0.5, 0.6) is 0 Å². The van der Waals surface area contributed by atoms with Gasteiger partial charge in [0.15, 0.2) is 0 Å². The highest BCUT2D eigenvalue weighted by Crippen LogP contribution is 2.34. The second kappa shape index (κ2) is 9.79. The summed E-state index contributed by atoms with van der Waals surface area (Å²) in [5, 5.41) is 18.2. The molecule has 1 saturated heterocycles. The summed E-state index contributed by atoms with van der Waals surface area (Å²) in [6.07, 6.45) is 4.10. The van der Waals surface area contributed by atoms with Crippen molar-refractivity contribution in [1.29, 1.82) is 5.26 Å². The molecule has 2 heterocycles. The van der Waals surface area contributed by atoms with Gasteiger partial charge in [-0.25, -0.2) is 4.39 Å². The molecule has 8 nitrogen and oxygen atoms in total. The molecule has 4 N–H and O–H groups in total. The van der Waals surface area contributed by atoms with Crippen LogP contribution in [0.2, 0.25) is 5.02 Å². The molecule has 33 heavy (non-hydrogen) atoms. The van der Waals surface area contributed by atoms with E-state index in [2.05, 4.69) is 27.0 Å². The van der Waals surface area contributed by atoms with Gasteiger partial charge in [0.2, 0.25) is 11.8 Å². The molecule has 2 unspecified atom stereocenters. The van der Waals surface area contributed by atoms with Crippen molar-refractivity contribution < 1.29 is 18.8 Å². The van der Waals surface area contributed by atoms with E-state index in [1.165, 1.54) is 18.2 Å². The number of benzene rings is 1. The van der Waals surface area contributed by atoms with Crippen molar-refractivity contribution in [2.45, 2.75) is 50.6 Å². The molecule has 174 valence electrons. The highest BCUT2D eigenvalue weighted by molar-refractivity contribution is 6.35. The maximum atomic E-state index is 14.1. The average Bonchev–Trinajstić information content (AvgIpc) is 3.49. The first-order chi connectivity index (χ1) is 15.9. The van der Waals surface area contributed by atoms with Crippen LogP contribution < -0.4 is 16.0 Å². The van der Waals surface area contributed by atoms with Crippen LogP contribution in [0.1, 0.15) is 49.0 Å². The number of carbonyl (C=O) groups is 3. The molecule has 1 aromatic heterocycles. The molecule has 0 bridgehead atoms. The lowest BCUT2D eigenvalue weighted by Gasteiger charge is -2.25. The van der Waals surface area contributed by atoms with E-state index in [4.69, 9.17) is 11.6 Å². The van der Waals surface area contributed by atoms with Crippen LogP contribution in [0.25, 0.3) is 10.9 Å². The normalized spacial score (nSPS) is 19.9. The van der Waals surface area contributed by atoms with Gasteiger partial charge in [0, 0.05) is 17.8 Å². The van der Waals surface area contributed by atoms with Crippen LogP contribution >= 0.6 is 11.6 Å². The highest BCUT2D eigenvalue weighted by Gasteiger charge is 2.33. The number of aromatic nitrogens is 1. The third kappa shape index (κ3) is 5.45. The molecule has 10 heteroatoms. The Labute approximate surface area is 195 Å². The lowest BCUT2D eigenvalue weighted by atomic mass is 9.92. The van der Waals surface area contributed by atoms with Crippen molar-refractivity contribution in [3.63, 3.8) is 0 Å². The third-order valence-corrected chi connectivity index (χ3v) is 6.53. The van der Waals surface area contributed by atoms with E-state index in [0.29, 0.717) is 30.8 Å². The van der Waals surface area contributed by atoms with Gasteiger partial charge >= 0.3 is 0 Å². The fraction of sp³-hybridized carbons (Fsp3) is 0.478. The van der Waals surface area contributed by atoms with Crippen molar-refractivity contribution in [2.75, 3.05) is 6.54 Å². The number of nitrogens with zero attached hydrogens (tertiary/aromatic N) is 1. The van der Waals surface area contributed by atoms with Crippen molar-refractivity contribution in [2.24, 2.45) is 11.8 Å². The van der Waals surface area contributed by atoms with Crippen LogP contribution in [0.3, 0.4) is 0 Å². The molecule has 0 radical (unpaired) electrons. The van der Waals surface area contributed by atoms with Crippen LogP contribution in [0.4, 0.5) is 4.39 Å². The number of amides is 3. The number of hydrogen-bond acceptors (Lipinski definition) is 4. The number of halogens is 2. The Balaban J connectivity index is 1.45. The van der Waals surface area contributed by atoms with Gasteiger partial charge in [0.1, 0.15) is 23.6 Å². The summed E-state index contributed by atoms with van der Waals surface area (Å²) in [6.45, 7) is 0.622. The van der Waals surface area contributed by atoms with Gasteiger partial charge in [-0.15, -0.1) is 0 Å². The number of fused-ring (bicyclic) bond motifs is 1. The minimum atomic E-state index is -0.854. The summed E-state index contributed by atoms with van der Waals surface area (Å²) < 4.78 is 14.1. The van der Waals surface area contributed by atoms with Crippen molar-refractivity contribution >= 4 is 40.2 Å². The van der Waals surface area contributed by atoms with E-state index in [0.717, 1.165) is 19.3 Å². The monoisotopic (exact) mass is 473 g/mol. The van der Waals surface area contributed by atoms with Crippen LogP contribution in [0, 0.1) is 29.0 Å². The van der Waals surface area contributed by atoms with Crippen molar-refractivity contribution in [3.05, 3.63) is 34.7 Å². The third-order valence-electron chi connectivity index (χ3n) is 6.21. The van der Waals surface area contributed by atoms with E-state index in [1.807, 2.05) is 0 Å². The summed E-state index contributed by atoms with van der Waals surface area (Å²) in [4.78, 5) is 40.7. The number of carbonyl (C=O) groups excluding carboxylic acids is 3. The number of nitrogens with one attached hydrogen (secondary N) is 4. The van der Waals surface area contributed by atoms with Crippen LogP contribution in [-0.2, 0) is 9.59 Å². The van der Waals surface area contributed by atoms with Gasteiger partial charge in [0.05, 0.1) is 16.6 Å². The van der Waals surface area contributed by atoms with Crippen LogP contribution in [0.15, 0.2) is 18.2 Å². The van der Waals surface area contributed by atoms with E-state index in [1.54, 1.807) is 0 Å². The summed E-state index contributed by atoms with van der Waals surface area (Å²) in [6, 6.07) is 4.33. The topological polar surface area (TPSA) is 127 Å². The first kappa shape index (κ1) is 23.1. The standard InChI is InChI=1S/C23H25ClFN5O3/c24-16-5-6-17(25)15-10-19(29-20(15)16)23(33)30-18(8-12-3-4-12)22(32)28-14(11-26)9-13-2-1-7-27-21(13)31/h5-6,10,12-14,18,29H,1-4,7-9H2,(H,27,31)(H,28,32)(H,30,33)/t13?,14-,18?/m0/s1. The van der Waals surface area contributed by atoms with E-state index < -0.39 is 29.7 Å². The Morgan fingerprint density at radius 3 is 2.70 bits per heavy atom. The molecule has 4 rings (SSSR count). The van der Waals surface area contributed by atoms with Gasteiger partial charge in [-0.2, -0.15) is 5.26 Å². The number of nitriles is 1. The zero-order chi connectivity index (χ0) is 23.5. The van der Waals surface area contributed by atoms with E-state index in [9.17, 15) is 24.0 Å². The number of piperidine rings is 1. The molecule has 3 amide bonds. The van der Waals surface area contributed by atoms with Crippen LogP contribution in [-0.4, -0.2) is 41.3 Å². The fourth-order valence-corrected chi connectivity index (χ4v) is 4.40. The maximum Gasteiger partial charge on any atom is 0.268 e. The summed E-state index contributed by atoms with van der Waals surface area (Å²) >= 11 is 6.09. The summed E-state index contributed by atoms with van der Waals surface area (Å²) in [7, 11) is 0. The fourth-order valence-electron chi connectivity index (χ4n) is 4.19. The maximum absolute atomic E-state index is 14.1. The van der Waals surface area contributed by atoms with Gasteiger partial charge in [-0.05, 0) is 49.8 Å². The summed E-state index contributed by atoms with van der Waals surface area (Å²) in [5.41, 5.74) is 0.390. The number of hydrogen-bond donors (Lipinski definition) is 4. The molecule has 2 aliphatic rings. The zero-order valence-corrected chi connectivity index (χ0v) is 18.7. The molecule has 2 fully saturated rings. The zero-order valence-electron chi connectivity index (χ0n) is 17.9. The van der Waals surface area contributed by atoms with E-state index in [-0.39, 0.29) is 34.3 Å². The minimum absolute atomic E-state index is 0.0845. The molecule has 1 aliphatic carbocycles. The largest absolute Gasteiger partial charge is 0.356 e. The number of rotatable bonds is 8. The molecular formula is C23H25ClFN5O3. The van der Waals surface area contributed by atoms with Crippen molar-refractivity contribution in [3.8, 4) is 6.07 Å². The second-order valence-electron chi connectivity index (χ2n) is 8.76. The Morgan fingerprint density at radius 2 is 2.03 bits per heavy atom. The highest BCUT2D eigenvalue weighted by atomic mass is 35.5. The van der Waals surface area contributed by atoms with E-state index >= 15 is 0 Å². The number of H-pyrrole nitrogens is 1. The molecular weight excluding hydrogens is 449 g/mol. The Kier molecular flexibility index (Phi) is 6.84. The molecule has 1 saturated carbocycles.